The van der Waals surface area contributed by atoms with Crippen molar-refractivity contribution in [2.75, 3.05) is 5.75 Å². The second-order valence-electron chi connectivity index (χ2n) is 7.98. The molecule has 4 rings (SSSR count). The molecule has 0 aliphatic heterocycles. The van der Waals surface area contributed by atoms with E-state index in [9.17, 15) is 4.79 Å². The number of amides is 1. The lowest BCUT2D eigenvalue weighted by Gasteiger charge is -2.20. The second kappa shape index (κ2) is 9.00. The first-order valence-electron chi connectivity index (χ1n) is 10.4. The van der Waals surface area contributed by atoms with Crippen LogP contribution in [0.2, 0.25) is 0 Å². The van der Waals surface area contributed by atoms with Gasteiger partial charge >= 0.3 is 0 Å². The van der Waals surface area contributed by atoms with E-state index in [1.165, 1.54) is 47.7 Å². The molecule has 7 heteroatoms. The van der Waals surface area contributed by atoms with Crippen LogP contribution in [0.25, 0.3) is 5.69 Å². The van der Waals surface area contributed by atoms with Gasteiger partial charge in [0.2, 0.25) is 11.1 Å². The van der Waals surface area contributed by atoms with Crippen LogP contribution in [0, 0.1) is 13.8 Å². The van der Waals surface area contributed by atoms with E-state index >= 15 is 0 Å². The molecule has 1 N–H and O–H groups in total. The van der Waals surface area contributed by atoms with E-state index in [1.54, 1.807) is 4.68 Å². The lowest BCUT2D eigenvalue weighted by atomic mass is 9.89. The van der Waals surface area contributed by atoms with Crippen molar-refractivity contribution < 1.29 is 4.79 Å². The molecule has 0 spiro atoms. The summed E-state index contributed by atoms with van der Waals surface area (Å²) in [5, 5.41) is 15.7. The summed E-state index contributed by atoms with van der Waals surface area (Å²) in [6.45, 7) is 6.12. The summed E-state index contributed by atoms with van der Waals surface area (Å²) in [6.07, 6.45) is 4.84. The Bertz CT molecular complexity index is 1060. The van der Waals surface area contributed by atoms with E-state index in [0.717, 1.165) is 23.2 Å². The fourth-order valence-corrected chi connectivity index (χ4v) is 4.68. The second-order valence-corrected chi connectivity index (χ2v) is 8.92. The predicted molar refractivity (Wildman–Crippen MR) is 119 cm³/mol. The van der Waals surface area contributed by atoms with Gasteiger partial charge in [0.1, 0.15) is 0 Å². The maximum atomic E-state index is 12.6. The number of rotatable bonds is 6. The zero-order valence-electron chi connectivity index (χ0n) is 17.7. The van der Waals surface area contributed by atoms with Crippen LogP contribution in [-0.4, -0.2) is 31.9 Å². The van der Waals surface area contributed by atoms with Gasteiger partial charge in [-0.3, -0.25) is 4.79 Å². The minimum Gasteiger partial charge on any atom is -0.349 e. The predicted octanol–water partition coefficient (Wildman–Crippen LogP) is 4.13. The molecule has 3 aromatic rings. The van der Waals surface area contributed by atoms with Crippen molar-refractivity contribution in [2.24, 2.45) is 0 Å². The number of tetrazole rings is 1. The number of aromatic nitrogens is 4. The van der Waals surface area contributed by atoms with E-state index in [-0.39, 0.29) is 17.7 Å². The van der Waals surface area contributed by atoms with Crippen LogP contribution >= 0.6 is 11.8 Å². The van der Waals surface area contributed by atoms with Gasteiger partial charge in [0.15, 0.2) is 0 Å². The molecular formula is C23H27N5OS. The highest BCUT2D eigenvalue weighted by Gasteiger charge is 2.16. The molecule has 0 fully saturated rings. The first-order valence-corrected chi connectivity index (χ1v) is 11.4. The highest BCUT2D eigenvalue weighted by atomic mass is 32.2. The molecule has 1 heterocycles. The molecule has 1 aromatic heterocycles. The zero-order chi connectivity index (χ0) is 21.1. The van der Waals surface area contributed by atoms with E-state index in [1.807, 2.05) is 26.0 Å². The Hall–Kier alpha value is -2.67. The lowest BCUT2D eigenvalue weighted by molar-refractivity contribution is -0.119. The fraction of sp³-hybridized carbons (Fsp3) is 0.391. The molecule has 0 saturated heterocycles. The maximum absolute atomic E-state index is 12.6. The summed E-state index contributed by atoms with van der Waals surface area (Å²) in [7, 11) is 0. The molecule has 0 saturated carbocycles. The summed E-state index contributed by atoms with van der Waals surface area (Å²) in [4.78, 5) is 12.6. The minimum absolute atomic E-state index is 0.0272. The smallest absolute Gasteiger partial charge is 0.230 e. The Labute approximate surface area is 181 Å². The zero-order valence-corrected chi connectivity index (χ0v) is 18.5. The summed E-state index contributed by atoms with van der Waals surface area (Å²) in [5.74, 6) is 0.237. The SMILES string of the molecule is Cc1ccc(-n2nnnc2SCC(=O)NC(C)c2ccc3c(c2)CCCC3)c(C)c1. The third kappa shape index (κ3) is 4.56. The Morgan fingerprint density at radius 2 is 1.93 bits per heavy atom. The first kappa shape index (κ1) is 20.6. The number of aryl methyl sites for hydroxylation is 4. The van der Waals surface area contributed by atoms with Crippen molar-refractivity contribution in [3.8, 4) is 5.69 Å². The molecule has 6 nitrogen and oxygen atoms in total. The standard InChI is InChI=1S/C23H27N5OS/c1-15-8-11-21(16(2)12-15)28-23(25-26-27-28)30-14-22(29)24-17(3)19-10-9-18-6-4-5-7-20(18)13-19/h8-13,17H,4-7,14H2,1-3H3,(H,24,29). The summed E-state index contributed by atoms with van der Waals surface area (Å²) in [6, 6.07) is 12.7. The Kier molecular flexibility index (Phi) is 6.18. The normalized spacial score (nSPS) is 14.2. The van der Waals surface area contributed by atoms with Crippen LogP contribution in [0.5, 0.6) is 0 Å². The molecule has 1 aliphatic carbocycles. The number of hydrogen-bond donors (Lipinski definition) is 1. The van der Waals surface area contributed by atoms with Crippen LogP contribution in [0.15, 0.2) is 41.6 Å². The van der Waals surface area contributed by atoms with Crippen LogP contribution in [0.1, 0.15) is 53.6 Å². The maximum Gasteiger partial charge on any atom is 0.230 e. The van der Waals surface area contributed by atoms with Gasteiger partial charge in [-0.15, -0.1) is 5.10 Å². The number of fused-ring (bicyclic) bond motifs is 1. The molecule has 156 valence electrons. The number of hydrogen-bond acceptors (Lipinski definition) is 5. The van der Waals surface area contributed by atoms with E-state index < -0.39 is 0 Å². The van der Waals surface area contributed by atoms with Crippen molar-refractivity contribution in [1.82, 2.24) is 25.5 Å². The highest BCUT2D eigenvalue weighted by molar-refractivity contribution is 7.99. The Balaban J connectivity index is 1.38. The van der Waals surface area contributed by atoms with Crippen molar-refractivity contribution in [3.63, 3.8) is 0 Å². The summed E-state index contributed by atoms with van der Waals surface area (Å²) in [5.41, 5.74) is 7.26. The van der Waals surface area contributed by atoms with Gasteiger partial charge in [0.05, 0.1) is 17.5 Å². The van der Waals surface area contributed by atoms with Gasteiger partial charge in [-0.05, 0) is 85.2 Å². The molecule has 2 aromatic carbocycles. The number of thioether (sulfide) groups is 1. The molecule has 0 radical (unpaired) electrons. The van der Waals surface area contributed by atoms with Gasteiger partial charge in [-0.2, -0.15) is 4.68 Å². The number of nitrogens with one attached hydrogen (secondary N) is 1. The van der Waals surface area contributed by atoms with E-state index in [4.69, 9.17) is 0 Å². The van der Waals surface area contributed by atoms with Gasteiger partial charge in [-0.1, -0.05) is 47.7 Å². The van der Waals surface area contributed by atoms with Crippen LogP contribution < -0.4 is 5.32 Å². The molecule has 1 amide bonds. The molecule has 1 atom stereocenters. The average Bonchev–Trinajstić information content (AvgIpc) is 3.20. The van der Waals surface area contributed by atoms with Crippen molar-refractivity contribution in [2.45, 2.75) is 57.7 Å². The quantitative estimate of drug-likeness (QED) is 0.606. The Morgan fingerprint density at radius 3 is 2.73 bits per heavy atom. The lowest BCUT2D eigenvalue weighted by Crippen LogP contribution is -2.28. The van der Waals surface area contributed by atoms with Crippen molar-refractivity contribution in [1.29, 1.82) is 0 Å². The van der Waals surface area contributed by atoms with E-state index in [0.29, 0.717) is 5.16 Å². The number of carbonyl (C=O) groups is 1. The number of carbonyl (C=O) groups excluding carboxylic acids is 1. The van der Waals surface area contributed by atoms with Gasteiger partial charge < -0.3 is 5.32 Å². The largest absolute Gasteiger partial charge is 0.349 e. The number of benzene rings is 2. The number of nitrogens with zero attached hydrogens (tertiary/aromatic N) is 4. The monoisotopic (exact) mass is 421 g/mol. The summed E-state index contributed by atoms with van der Waals surface area (Å²) >= 11 is 1.34. The molecule has 1 unspecified atom stereocenters. The summed E-state index contributed by atoms with van der Waals surface area (Å²) < 4.78 is 1.69. The van der Waals surface area contributed by atoms with Crippen molar-refractivity contribution in [3.05, 3.63) is 64.2 Å². The first-order chi connectivity index (χ1) is 14.5. The third-order valence-electron chi connectivity index (χ3n) is 5.60. The van der Waals surface area contributed by atoms with Crippen LogP contribution in [-0.2, 0) is 17.6 Å². The minimum atomic E-state index is -0.0274. The third-order valence-corrected chi connectivity index (χ3v) is 6.52. The fourth-order valence-electron chi connectivity index (χ4n) is 3.98. The van der Waals surface area contributed by atoms with E-state index in [2.05, 4.69) is 52.0 Å². The molecular weight excluding hydrogens is 394 g/mol. The van der Waals surface area contributed by atoms with Gasteiger partial charge in [-0.25, -0.2) is 0 Å². The molecule has 0 bridgehead atoms. The topological polar surface area (TPSA) is 72.7 Å². The Morgan fingerprint density at radius 1 is 1.13 bits per heavy atom. The molecule has 30 heavy (non-hydrogen) atoms. The van der Waals surface area contributed by atoms with Crippen LogP contribution in [0.4, 0.5) is 0 Å². The van der Waals surface area contributed by atoms with Gasteiger partial charge in [0.25, 0.3) is 0 Å². The highest BCUT2D eigenvalue weighted by Crippen LogP contribution is 2.25. The van der Waals surface area contributed by atoms with Gasteiger partial charge in [0, 0.05) is 0 Å². The van der Waals surface area contributed by atoms with Crippen LogP contribution in [0.3, 0.4) is 0 Å². The average molecular weight is 422 g/mol. The van der Waals surface area contributed by atoms with Crippen molar-refractivity contribution >= 4 is 17.7 Å². The molecule has 1 aliphatic rings.